The lowest BCUT2D eigenvalue weighted by molar-refractivity contribution is -0.121. The number of amides is 1. The summed E-state index contributed by atoms with van der Waals surface area (Å²) < 4.78 is 2.06. The monoisotopic (exact) mass is 428 g/mol. The van der Waals surface area contributed by atoms with Crippen LogP contribution in [0.4, 0.5) is 5.82 Å². The molecule has 2 saturated heterocycles. The molecule has 0 bridgehead atoms. The van der Waals surface area contributed by atoms with Crippen molar-refractivity contribution in [1.29, 1.82) is 0 Å². The minimum absolute atomic E-state index is 0.147. The van der Waals surface area contributed by atoms with E-state index in [9.17, 15) is 9.59 Å². The fourth-order valence-corrected chi connectivity index (χ4v) is 5.56. The first kappa shape index (κ1) is 20.1. The molecule has 0 unspecified atom stereocenters. The van der Waals surface area contributed by atoms with Crippen LogP contribution >= 0.6 is 24.0 Å². The van der Waals surface area contributed by atoms with Crippen molar-refractivity contribution in [2.45, 2.75) is 27.2 Å². The second kappa shape index (κ2) is 7.91. The van der Waals surface area contributed by atoms with E-state index in [0.717, 1.165) is 19.5 Å². The van der Waals surface area contributed by atoms with Gasteiger partial charge in [0.1, 0.15) is 15.8 Å². The molecular formula is C21H24N4O2S2. The van der Waals surface area contributed by atoms with E-state index in [4.69, 9.17) is 17.2 Å². The van der Waals surface area contributed by atoms with Crippen molar-refractivity contribution in [1.82, 2.24) is 14.3 Å². The molecule has 152 valence electrons. The van der Waals surface area contributed by atoms with Crippen LogP contribution in [0.3, 0.4) is 0 Å². The summed E-state index contributed by atoms with van der Waals surface area (Å²) in [7, 11) is 0. The van der Waals surface area contributed by atoms with Crippen LogP contribution in [-0.4, -0.2) is 44.1 Å². The first-order valence-corrected chi connectivity index (χ1v) is 11.1. The predicted molar refractivity (Wildman–Crippen MR) is 122 cm³/mol. The Labute approximate surface area is 179 Å². The van der Waals surface area contributed by atoms with Crippen molar-refractivity contribution in [3.8, 4) is 0 Å². The maximum Gasteiger partial charge on any atom is 0.267 e. The molecule has 2 fully saturated rings. The van der Waals surface area contributed by atoms with Crippen LogP contribution in [0, 0.1) is 11.8 Å². The molecule has 2 aromatic heterocycles. The number of pyridine rings is 1. The summed E-state index contributed by atoms with van der Waals surface area (Å²) in [5.74, 6) is 1.54. The number of fused-ring (bicyclic) bond motifs is 1. The first-order valence-electron chi connectivity index (χ1n) is 9.90. The number of carbonyl (C=O) groups is 1. The van der Waals surface area contributed by atoms with Crippen LogP contribution < -0.4 is 10.5 Å². The molecule has 0 saturated carbocycles. The highest BCUT2D eigenvalue weighted by Gasteiger charge is 2.32. The summed E-state index contributed by atoms with van der Waals surface area (Å²) in [5, 5.41) is 0. The third kappa shape index (κ3) is 3.71. The second-order valence-corrected chi connectivity index (χ2v) is 9.54. The number of thioether (sulfide) groups is 1. The highest BCUT2D eigenvalue weighted by molar-refractivity contribution is 8.26. The van der Waals surface area contributed by atoms with Crippen LogP contribution in [0.15, 0.2) is 34.1 Å². The van der Waals surface area contributed by atoms with Crippen molar-refractivity contribution >= 4 is 51.7 Å². The van der Waals surface area contributed by atoms with Crippen molar-refractivity contribution in [3.63, 3.8) is 0 Å². The van der Waals surface area contributed by atoms with E-state index < -0.39 is 0 Å². The minimum atomic E-state index is -0.168. The SMILES string of the molecule is CCN1C(=O)/C(=C/c2c(N3C[C@H](C)C[C@@H](C)C3)nc3ccccn3c2=O)SC1=S. The lowest BCUT2D eigenvalue weighted by Crippen LogP contribution is -2.40. The maximum absolute atomic E-state index is 13.4. The van der Waals surface area contributed by atoms with Gasteiger partial charge in [0.25, 0.3) is 11.5 Å². The van der Waals surface area contributed by atoms with E-state index in [1.54, 1.807) is 23.2 Å². The standard InChI is InChI=1S/C21H24N4O2S2/c1-4-24-20(27)16(29-21(24)28)10-15-18(23-11-13(2)9-14(3)12-23)22-17-7-5-6-8-25(17)19(15)26/h5-8,10,13-14H,4,9,11-12H2,1-3H3/b16-10-/t13-,14-/m1/s1. The van der Waals surface area contributed by atoms with Gasteiger partial charge in [-0.1, -0.05) is 43.9 Å². The van der Waals surface area contributed by atoms with Crippen molar-refractivity contribution in [2.75, 3.05) is 24.5 Å². The molecule has 2 aliphatic rings. The molecular weight excluding hydrogens is 404 g/mol. The van der Waals surface area contributed by atoms with Gasteiger partial charge in [0, 0.05) is 25.8 Å². The fraction of sp³-hybridized carbons (Fsp3) is 0.429. The third-order valence-corrected chi connectivity index (χ3v) is 6.76. The number of hydrogen-bond donors (Lipinski definition) is 0. The predicted octanol–water partition coefficient (Wildman–Crippen LogP) is 3.40. The summed E-state index contributed by atoms with van der Waals surface area (Å²) in [6, 6.07) is 5.52. The van der Waals surface area contributed by atoms with Crippen molar-refractivity contribution < 1.29 is 4.79 Å². The average molecular weight is 429 g/mol. The zero-order valence-electron chi connectivity index (χ0n) is 16.8. The molecule has 0 aliphatic carbocycles. The van der Waals surface area contributed by atoms with Gasteiger partial charge in [-0.25, -0.2) is 4.98 Å². The topological polar surface area (TPSA) is 57.9 Å². The van der Waals surface area contributed by atoms with Crippen LogP contribution in [0.2, 0.25) is 0 Å². The zero-order valence-corrected chi connectivity index (χ0v) is 18.4. The third-order valence-electron chi connectivity index (χ3n) is 5.38. The Morgan fingerprint density at radius 3 is 2.62 bits per heavy atom. The van der Waals surface area contributed by atoms with Crippen LogP contribution in [-0.2, 0) is 4.79 Å². The molecule has 29 heavy (non-hydrogen) atoms. The first-order chi connectivity index (χ1) is 13.9. The molecule has 8 heteroatoms. The van der Waals surface area contributed by atoms with E-state index in [0.29, 0.717) is 44.6 Å². The Bertz CT molecular complexity index is 1070. The molecule has 4 heterocycles. The Morgan fingerprint density at radius 1 is 1.24 bits per heavy atom. The van der Waals surface area contributed by atoms with Gasteiger partial charge in [-0.15, -0.1) is 0 Å². The lowest BCUT2D eigenvalue weighted by Gasteiger charge is -2.36. The number of piperidine rings is 1. The van der Waals surface area contributed by atoms with Gasteiger partial charge in [0.05, 0.1) is 10.5 Å². The molecule has 0 radical (unpaired) electrons. The Morgan fingerprint density at radius 2 is 1.97 bits per heavy atom. The van der Waals surface area contributed by atoms with Crippen LogP contribution in [0.1, 0.15) is 32.8 Å². The second-order valence-electron chi connectivity index (χ2n) is 7.86. The molecule has 2 aromatic rings. The van der Waals surface area contributed by atoms with Gasteiger partial charge >= 0.3 is 0 Å². The molecule has 0 N–H and O–H groups in total. The van der Waals surface area contributed by atoms with Gasteiger partial charge in [-0.3, -0.25) is 18.9 Å². The maximum atomic E-state index is 13.4. The van der Waals surface area contributed by atoms with Gasteiger partial charge in [0.15, 0.2) is 0 Å². The van der Waals surface area contributed by atoms with Crippen molar-refractivity contribution in [3.05, 3.63) is 45.2 Å². The van der Waals surface area contributed by atoms with E-state index in [1.165, 1.54) is 16.2 Å². The summed E-state index contributed by atoms with van der Waals surface area (Å²) in [6.45, 7) is 8.55. The number of aromatic nitrogens is 2. The van der Waals surface area contributed by atoms with Crippen LogP contribution in [0.25, 0.3) is 11.7 Å². The summed E-state index contributed by atoms with van der Waals surface area (Å²) in [4.78, 5) is 35.2. The van der Waals surface area contributed by atoms with Gasteiger partial charge < -0.3 is 4.90 Å². The molecule has 6 nitrogen and oxygen atoms in total. The Kier molecular flexibility index (Phi) is 5.48. The van der Waals surface area contributed by atoms with E-state index in [2.05, 4.69) is 18.7 Å². The average Bonchev–Trinajstić information content (AvgIpc) is 2.95. The highest BCUT2D eigenvalue weighted by atomic mass is 32.2. The molecule has 2 atom stereocenters. The Hall–Kier alpha value is -2.19. The Balaban J connectivity index is 1.89. The highest BCUT2D eigenvalue weighted by Crippen LogP contribution is 2.34. The summed E-state index contributed by atoms with van der Waals surface area (Å²) in [5.41, 5.74) is 0.890. The zero-order chi connectivity index (χ0) is 20.7. The summed E-state index contributed by atoms with van der Waals surface area (Å²) >= 11 is 6.57. The smallest absolute Gasteiger partial charge is 0.267 e. The number of rotatable bonds is 3. The number of anilines is 1. The quantitative estimate of drug-likeness (QED) is 0.552. The molecule has 0 aromatic carbocycles. The lowest BCUT2D eigenvalue weighted by atomic mass is 9.91. The number of carbonyl (C=O) groups excluding carboxylic acids is 1. The fourth-order valence-electron chi connectivity index (χ4n) is 4.20. The molecule has 4 rings (SSSR count). The molecule has 1 amide bonds. The number of nitrogens with zero attached hydrogens (tertiary/aromatic N) is 4. The number of thiocarbonyl (C=S) groups is 1. The normalized spacial score (nSPS) is 24.2. The van der Waals surface area contributed by atoms with E-state index >= 15 is 0 Å². The number of hydrogen-bond acceptors (Lipinski definition) is 6. The molecule has 0 spiro atoms. The minimum Gasteiger partial charge on any atom is -0.355 e. The van der Waals surface area contributed by atoms with E-state index in [-0.39, 0.29) is 11.5 Å². The van der Waals surface area contributed by atoms with Crippen molar-refractivity contribution in [2.24, 2.45) is 11.8 Å². The largest absolute Gasteiger partial charge is 0.355 e. The summed E-state index contributed by atoms with van der Waals surface area (Å²) in [6.07, 6.45) is 4.56. The van der Waals surface area contributed by atoms with Gasteiger partial charge in [-0.2, -0.15) is 0 Å². The molecule has 2 aliphatic heterocycles. The van der Waals surface area contributed by atoms with Gasteiger partial charge in [-0.05, 0) is 43.4 Å². The van der Waals surface area contributed by atoms with Gasteiger partial charge in [0.2, 0.25) is 0 Å². The number of likely N-dealkylation sites (N-methyl/N-ethyl adjacent to an activating group) is 1. The van der Waals surface area contributed by atoms with Crippen LogP contribution in [0.5, 0.6) is 0 Å². The van der Waals surface area contributed by atoms with E-state index in [1.807, 2.05) is 19.1 Å².